The van der Waals surface area contributed by atoms with Gasteiger partial charge in [-0.1, -0.05) is 17.7 Å². The van der Waals surface area contributed by atoms with Crippen molar-refractivity contribution >= 4 is 33.2 Å². The quantitative estimate of drug-likeness (QED) is 0.590. The van der Waals surface area contributed by atoms with Crippen LogP contribution in [0.3, 0.4) is 0 Å². The standard InChI is InChI=1S/C19H23ClN2O5S/c1-26-12-4-11-21-19(23)14-22(16-6-3-5-15(20)13-16)28(24,25)18-9-7-17(27-2)8-10-18/h3,5-10,13H,4,11-12,14H2,1-2H3,(H,21,23). The predicted molar refractivity (Wildman–Crippen MR) is 108 cm³/mol. The van der Waals surface area contributed by atoms with Gasteiger partial charge in [0.25, 0.3) is 10.0 Å². The molecule has 0 unspecified atom stereocenters. The van der Waals surface area contributed by atoms with E-state index in [1.165, 1.54) is 25.3 Å². The lowest BCUT2D eigenvalue weighted by Gasteiger charge is -2.24. The zero-order chi connectivity index (χ0) is 20.6. The van der Waals surface area contributed by atoms with E-state index >= 15 is 0 Å². The van der Waals surface area contributed by atoms with Crippen molar-refractivity contribution in [2.45, 2.75) is 11.3 Å². The Morgan fingerprint density at radius 1 is 1.14 bits per heavy atom. The molecule has 0 radical (unpaired) electrons. The maximum atomic E-state index is 13.2. The molecule has 7 nitrogen and oxygen atoms in total. The summed E-state index contributed by atoms with van der Waals surface area (Å²) in [5.74, 6) is 0.109. The Morgan fingerprint density at radius 3 is 2.46 bits per heavy atom. The number of hydrogen-bond acceptors (Lipinski definition) is 5. The molecule has 0 spiro atoms. The van der Waals surface area contributed by atoms with Crippen LogP contribution in [0.15, 0.2) is 53.4 Å². The maximum absolute atomic E-state index is 13.2. The van der Waals surface area contributed by atoms with Crippen molar-refractivity contribution in [3.8, 4) is 5.75 Å². The predicted octanol–water partition coefficient (Wildman–Crippen LogP) is 2.70. The first-order valence-corrected chi connectivity index (χ1v) is 10.4. The molecule has 0 saturated heterocycles. The van der Waals surface area contributed by atoms with E-state index in [9.17, 15) is 13.2 Å². The Labute approximate surface area is 170 Å². The van der Waals surface area contributed by atoms with Gasteiger partial charge in [-0.15, -0.1) is 0 Å². The molecule has 1 amide bonds. The summed E-state index contributed by atoms with van der Waals surface area (Å²) >= 11 is 6.03. The van der Waals surface area contributed by atoms with Crippen LogP contribution in [0.5, 0.6) is 5.75 Å². The third-order valence-corrected chi connectivity index (χ3v) is 5.90. The second kappa shape index (κ2) is 10.3. The second-order valence-electron chi connectivity index (χ2n) is 5.86. The number of carbonyl (C=O) groups is 1. The zero-order valence-electron chi connectivity index (χ0n) is 15.7. The normalized spacial score (nSPS) is 11.1. The molecule has 0 bridgehead atoms. The van der Waals surface area contributed by atoms with Gasteiger partial charge in [0.1, 0.15) is 12.3 Å². The number of benzene rings is 2. The van der Waals surface area contributed by atoms with Gasteiger partial charge in [0.2, 0.25) is 5.91 Å². The molecule has 0 aliphatic heterocycles. The lowest BCUT2D eigenvalue weighted by atomic mass is 10.3. The van der Waals surface area contributed by atoms with Gasteiger partial charge < -0.3 is 14.8 Å². The summed E-state index contributed by atoms with van der Waals surface area (Å²) in [6.45, 7) is 0.517. The van der Waals surface area contributed by atoms with Gasteiger partial charge in [-0.25, -0.2) is 8.42 Å². The Morgan fingerprint density at radius 2 is 1.86 bits per heavy atom. The molecule has 0 saturated carbocycles. The number of amides is 1. The van der Waals surface area contributed by atoms with E-state index in [0.29, 0.717) is 36.0 Å². The molecular formula is C19H23ClN2O5S. The molecule has 1 N–H and O–H groups in total. The average Bonchev–Trinajstić information content (AvgIpc) is 2.69. The van der Waals surface area contributed by atoms with Gasteiger partial charge in [-0.05, 0) is 48.9 Å². The highest BCUT2D eigenvalue weighted by molar-refractivity contribution is 7.92. The van der Waals surface area contributed by atoms with E-state index in [1.54, 1.807) is 37.4 Å². The topological polar surface area (TPSA) is 84.9 Å². The van der Waals surface area contributed by atoms with Gasteiger partial charge >= 0.3 is 0 Å². The number of halogens is 1. The van der Waals surface area contributed by atoms with Crippen LogP contribution in [0, 0.1) is 0 Å². The number of hydrogen-bond donors (Lipinski definition) is 1. The average molecular weight is 427 g/mol. The molecule has 152 valence electrons. The fourth-order valence-electron chi connectivity index (χ4n) is 2.45. The largest absolute Gasteiger partial charge is 0.497 e. The van der Waals surface area contributed by atoms with Crippen molar-refractivity contribution in [2.75, 3.05) is 38.2 Å². The highest BCUT2D eigenvalue weighted by Gasteiger charge is 2.27. The summed E-state index contributed by atoms with van der Waals surface area (Å²) in [7, 11) is -0.923. The van der Waals surface area contributed by atoms with Crippen LogP contribution < -0.4 is 14.4 Å². The Bertz CT molecular complexity index is 887. The van der Waals surface area contributed by atoms with Gasteiger partial charge in [0.15, 0.2) is 0 Å². The number of nitrogens with one attached hydrogen (secondary N) is 1. The first kappa shape index (κ1) is 22.0. The lowest BCUT2D eigenvalue weighted by Crippen LogP contribution is -2.41. The summed E-state index contributed by atoms with van der Waals surface area (Å²) < 4.78 is 37.4. The van der Waals surface area contributed by atoms with E-state index in [2.05, 4.69) is 5.32 Å². The third kappa shape index (κ3) is 5.85. The first-order chi connectivity index (χ1) is 13.4. The number of carbonyl (C=O) groups excluding carboxylic acids is 1. The Balaban J connectivity index is 2.30. The first-order valence-electron chi connectivity index (χ1n) is 8.56. The van der Waals surface area contributed by atoms with E-state index in [1.807, 2.05) is 0 Å². The molecular weight excluding hydrogens is 404 g/mol. The number of anilines is 1. The number of methoxy groups -OCH3 is 2. The van der Waals surface area contributed by atoms with E-state index in [4.69, 9.17) is 21.1 Å². The van der Waals surface area contributed by atoms with Crippen LogP contribution in [0.4, 0.5) is 5.69 Å². The number of rotatable bonds is 10. The Hall–Kier alpha value is -2.29. The molecule has 0 heterocycles. The molecule has 0 aliphatic rings. The number of sulfonamides is 1. The molecule has 0 fully saturated rings. The van der Waals surface area contributed by atoms with Crippen molar-refractivity contribution in [3.05, 3.63) is 53.6 Å². The molecule has 0 aromatic heterocycles. The van der Waals surface area contributed by atoms with E-state index in [-0.39, 0.29) is 11.4 Å². The molecule has 2 rings (SSSR count). The van der Waals surface area contributed by atoms with E-state index in [0.717, 1.165) is 4.31 Å². The minimum atomic E-state index is -3.99. The summed E-state index contributed by atoms with van der Waals surface area (Å²) in [4.78, 5) is 12.4. The van der Waals surface area contributed by atoms with Gasteiger partial charge in [-0.2, -0.15) is 0 Å². The van der Waals surface area contributed by atoms with Crippen LogP contribution >= 0.6 is 11.6 Å². The maximum Gasteiger partial charge on any atom is 0.264 e. The summed E-state index contributed by atoms with van der Waals surface area (Å²) in [6, 6.07) is 12.3. The molecule has 2 aromatic carbocycles. The van der Waals surface area contributed by atoms with Crippen LogP contribution in [-0.2, 0) is 19.6 Å². The summed E-state index contributed by atoms with van der Waals surface area (Å²) in [5, 5.41) is 3.06. The van der Waals surface area contributed by atoms with E-state index < -0.39 is 15.9 Å². The molecule has 9 heteroatoms. The highest BCUT2D eigenvalue weighted by atomic mass is 35.5. The van der Waals surface area contributed by atoms with Crippen LogP contribution in [-0.4, -0.2) is 48.2 Å². The lowest BCUT2D eigenvalue weighted by molar-refractivity contribution is -0.119. The minimum Gasteiger partial charge on any atom is -0.497 e. The van der Waals surface area contributed by atoms with Crippen molar-refractivity contribution in [2.24, 2.45) is 0 Å². The van der Waals surface area contributed by atoms with Gasteiger partial charge in [0, 0.05) is 25.3 Å². The summed E-state index contributed by atoms with van der Waals surface area (Å²) in [5.41, 5.74) is 0.301. The van der Waals surface area contributed by atoms with Crippen LogP contribution in [0.1, 0.15) is 6.42 Å². The minimum absolute atomic E-state index is 0.0421. The third-order valence-electron chi connectivity index (χ3n) is 3.88. The second-order valence-corrected chi connectivity index (χ2v) is 8.16. The van der Waals surface area contributed by atoms with Crippen molar-refractivity contribution < 1.29 is 22.7 Å². The summed E-state index contributed by atoms with van der Waals surface area (Å²) in [6.07, 6.45) is 0.630. The monoisotopic (exact) mass is 426 g/mol. The smallest absolute Gasteiger partial charge is 0.264 e. The van der Waals surface area contributed by atoms with Crippen molar-refractivity contribution in [1.29, 1.82) is 0 Å². The molecule has 28 heavy (non-hydrogen) atoms. The zero-order valence-corrected chi connectivity index (χ0v) is 17.3. The van der Waals surface area contributed by atoms with Crippen molar-refractivity contribution in [1.82, 2.24) is 5.32 Å². The molecule has 0 aliphatic carbocycles. The fourth-order valence-corrected chi connectivity index (χ4v) is 4.05. The number of ether oxygens (including phenoxy) is 2. The fraction of sp³-hybridized carbons (Fsp3) is 0.316. The SMILES string of the molecule is COCCCNC(=O)CN(c1cccc(Cl)c1)S(=O)(=O)c1ccc(OC)cc1. The van der Waals surface area contributed by atoms with Crippen LogP contribution in [0.2, 0.25) is 5.02 Å². The molecule has 0 atom stereocenters. The van der Waals surface area contributed by atoms with Gasteiger partial charge in [0.05, 0.1) is 17.7 Å². The number of nitrogens with zero attached hydrogens (tertiary/aromatic N) is 1. The van der Waals surface area contributed by atoms with Gasteiger partial charge in [-0.3, -0.25) is 9.10 Å². The van der Waals surface area contributed by atoms with Crippen LogP contribution in [0.25, 0.3) is 0 Å². The highest BCUT2D eigenvalue weighted by Crippen LogP contribution is 2.27. The Kier molecular flexibility index (Phi) is 8.10. The van der Waals surface area contributed by atoms with Crippen molar-refractivity contribution in [3.63, 3.8) is 0 Å². The molecule has 2 aromatic rings.